The minimum absolute atomic E-state index is 0.174. The maximum Gasteiger partial charge on any atom is 0.245 e. The first-order valence-corrected chi connectivity index (χ1v) is 8.22. The molecule has 1 heterocycles. The van der Waals surface area contributed by atoms with Gasteiger partial charge >= 0.3 is 0 Å². The Labute approximate surface area is 147 Å². The highest BCUT2D eigenvalue weighted by Gasteiger charge is 2.40. The number of benzene rings is 1. The fraction of sp³-hybridized carbons (Fsp3) is 0.529. The molecule has 7 heteroatoms. The Bertz CT molecular complexity index is 613. The summed E-state index contributed by atoms with van der Waals surface area (Å²) in [5, 5.41) is 11.8. The molecule has 1 saturated heterocycles. The van der Waals surface area contributed by atoms with Gasteiger partial charge in [-0.15, -0.1) is 0 Å². The quantitative estimate of drug-likeness (QED) is 0.735. The molecule has 0 radical (unpaired) electrons. The highest BCUT2D eigenvalue weighted by atomic mass is 35.5. The van der Waals surface area contributed by atoms with Crippen LogP contribution in [0.2, 0.25) is 5.02 Å². The molecule has 6 nitrogen and oxygen atoms in total. The van der Waals surface area contributed by atoms with E-state index in [1.807, 2.05) is 12.1 Å². The molecule has 0 N–H and O–H groups in total. The number of amides is 1. The molecule has 24 heavy (non-hydrogen) atoms. The van der Waals surface area contributed by atoms with Gasteiger partial charge in [0.05, 0.1) is 26.4 Å². The number of nitriles is 1. The van der Waals surface area contributed by atoms with Crippen molar-refractivity contribution in [3.8, 4) is 6.07 Å². The van der Waals surface area contributed by atoms with Gasteiger partial charge in [-0.3, -0.25) is 14.5 Å². The molecule has 1 aliphatic heterocycles. The van der Waals surface area contributed by atoms with Gasteiger partial charge in [-0.25, -0.2) is 5.06 Å². The van der Waals surface area contributed by atoms with E-state index in [4.69, 9.17) is 21.2 Å². The molecule has 1 aromatic carbocycles. The second kappa shape index (κ2) is 8.45. The summed E-state index contributed by atoms with van der Waals surface area (Å²) in [6, 6.07) is 9.72. The number of rotatable bonds is 6. The maximum absolute atomic E-state index is 12.1. The fourth-order valence-corrected chi connectivity index (χ4v) is 3.10. The summed E-state index contributed by atoms with van der Waals surface area (Å²) in [6.45, 7) is 2.40. The molecule has 1 unspecified atom stereocenters. The Morgan fingerprint density at radius 1 is 1.50 bits per heavy atom. The predicted molar refractivity (Wildman–Crippen MR) is 90.1 cm³/mol. The van der Waals surface area contributed by atoms with E-state index in [0.717, 1.165) is 5.56 Å². The smallest absolute Gasteiger partial charge is 0.245 e. The van der Waals surface area contributed by atoms with E-state index in [1.54, 1.807) is 19.2 Å². The first-order chi connectivity index (χ1) is 11.5. The van der Waals surface area contributed by atoms with Crippen LogP contribution in [0.15, 0.2) is 24.3 Å². The zero-order valence-corrected chi connectivity index (χ0v) is 14.8. The molecule has 0 aliphatic carbocycles. The lowest BCUT2D eigenvalue weighted by molar-refractivity contribution is -0.169. The average molecular weight is 352 g/mol. The first-order valence-electron chi connectivity index (χ1n) is 7.84. The van der Waals surface area contributed by atoms with Crippen LogP contribution in [0.1, 0.15) is 18.4 Å². The zero-order valence-electron chi connectivity index (χ0n) is 14.0. The van der Waals surface area contributed by atoms with E-state index in [1.165, 1.54) is 12.2 Å². The number of halogens is 1. The number of nitrogens with zero attached hydrogens (tertiary/aromatic N) is 3. The van der Waals surface area contributed by atoms with Crippen LogP contribution >= 0.6 is 11.6 Å². The Kier molecular flexibility index (Phi) is 6.58. The predicted octanol–water partition coefficient (Wildman–Crippen LogP) is 2.19. The zero-order chi connectivity index (χ0) is 17.6. The minimum Gasteiger partial charge on any atom is -0.379 e. The number of carbonyl (C=O) groups excluding carboxylic acids is 1. The molecule has 0 bridgehead atoms. The van der Waals surface area contributed by atoms with Crippen molar-refractivity contribution in [3.05, 3.63) is 34.9 Å². The van der Waals surface area contributed by atoms with E-state index in [2.05, 4.69) is 11.0 Å². The summed E-state index contributed by atoms with van der Waals surface area (Å²) in [4.78, 5) is 19.1. The molecule has 1 amide bonds. The normalized spacial score (nSPS) is 17.8. The van der Waals surface area contributed by atoms with E-state index in [-0.39, 0.29) is 12.3 Å². The standard InChI is InChI=1S/C17H22ClN3O3/c1-20(23-2)16(22)6-7-17(13-19,21-8-10-24-11-9-21)14-4-3-5-15(18)12-14/h3-5,12H,6-11H2,1-2H3. The lowest BCUT2D eigenvalue weighted by Crippen LogP contribution is -2.51. The summed E-state index contributed by atoms with van der Waals surface area (Å²) in [5.74, 6) is -0.174. The summed E-state index contributed by atoms with van der Waals surface area (Å²) in [5.41, 5.74) is -0.119. The van der Waals surface area contributed by atoms with Crippen molar-refractivity contribution < 1.29 is 14.4 Å². The van der Waals surface area contributed by atoms with Crippen LogP contribution < -0.4 is 0 Å². The summed E-state index contributed by atoms with van der Waals surface area (Å²) in [6.07, 6.45) is 0.554. The van der Waals surface area contributed by atoms with Crippen molar-refractivity contribution in [2.75, 3.05) is 40.5 Å². The van der Waals surface area contributed by atoms with Gasteiger partial charge in [0.25, 0.3) is 0 Å². The van der Waals surface area contributed by atoms with E-state index >= 15 is 0 Å². The minimum atomic E-state index is -0.918. The highest BCUT2D eigenvalue weighted by Crippen LogP contribution is 2.35. The number of ether oxygens (including phenoxy) is 1. The number of hydroxylamine groups is 2. The van der Waals surface area contributed by atoms with E-state index in [0.29, 0.717) is 37.7 Å². The second-order valence-electron chi connectivity index (χ2n) is 5.66. The lowest BCUT2D eigenvalue weighted by Gasteiger charge is -2.41. The van der Waals surface area contributed by atoms with Crippen molar-refractivity contribution in [1.82, 2.24) is 9.96 Å². The SMILES string of the molecule is CON(C)C(=O)CCC(C#N)(c1cccc(Cl)c1)N1CCOCC1. The van der Waals surface area contributed by atoms with Crippen LogP contribution in [-0.4, -0.2) is 56.3 Å². The van der Waals surface area contributed by atoms with Crippen LogP contribution in [0.25, 0.3) is 0 Å². The van der Waals surface area contributed by atoms with Gasteiger partial charge in [-0.05, 0) is 24.1 Å². The highest BCUT2D eigenvalue weighted by molar-refractivity contribution is 6.30. The van der Waals surface area contributed by atoms with Gasteiger partial charge in [0.1, 0.15) is 5.54 Å². The number of morpholine rings is 1. The Hall–Kier alpha value is -1.65. The summed E-state index contributed by atoms with van der Waals surface area (Å²) >= 11 is 6.13. The van der Waals surface area contributed by atoms with Crippen molar-refractivity contribution in [3.63, 3.8) is 0 Å². The van der Waals surface area contributed by atoms with Crippen molar-refractivity contribution >= 4 is 17.5 Å². The Morgan fingerprint density at radius 2 is 2.21 bits per heavy atom. The molecule has 0 spiro atoms. The van der Waals surface area contributed by atoms with Crippen molar-refractivity contribution in [2.45, 2.75) is 18.4 Å². The molecule has 1 fully saturated rings. The molecule has 0 saturated carbocycles. The van der Waals surface area contributed by atoms with Crippen molar-refractivity contribution in [2.24, 2.45) is 0 Å². The molecule has 130 valence electrons. The molecule has 0 aromatic heterocycles. The van der Waals surface area contributed by atoms with Crippen LogP contribution in [0, 0.1) is 11.3 Å². The van der Waals surface area contributed by atoms with E-state index < -0.39 is 5.54 Å². The van der Waals surface area contributed by atoms with Crippen LogP contribution in [0.5, 0.6) is 0 Å². The van der Waals surface area contributed by atoms with Gasteiger partial charge < -0.3 is 4.74 Å². The number of hydrogen-bond acceptors (Lipinski definition) is 5. The van der Waals surface area contributed by atoms with Gasteiger partial charge in [-0.2, -0.15) is 5.26 Å². The Balaban J connectivity index is 2.32. The van der Waals surface area contributed by atoms with Gasteiger partial charge in [0.2, 0.25) is 5.91 Å². The molecule has 2 rings (SSSR count). The monoisotopic (exact) mass is 351 g/mol. The molecule has 1 atom stereocenters. The average Bonchev–Trinajstić information content (AvgIpc) is 2.62. The molecular formula is C17H22ClN3O3. The Morgan fingerprint density at radius 3 is 2.79 bits per heavy atom. The lowest BCUT2D eigenvalue weighted by atomic mass is 9.84. The number of carbonyl (C=O) groups is 1. The maximum atomic E-state index is 12.1. The second-order valence-corrected chi connectivity index (χ2v) is 6.09. The van der Waals surface area contributed by atoms with Gasteiger partial charge in [-0.1, -0.05) is 23.7 Å². The van der Waals surface area contributed by atoms with E-state index in [9.17, 15) is 10.1 Å². The first kappa shape index (κ1) is 18.7. The number of hydrogen-bond donors (Lipinski definition) is 0. The summed E-state index contributed by atoms with van der Waals surface area (Å²) < 4.78 is 5.41. The largest absolute Gasteiger partial charge is 0.379 e. The molecular weight excluding hydrogens is 330 g/mol. The fourth-order valence-electron chi connectivity index (χ4n) is 2.91. The third-order valence-corrected chi connectivity index (χ3v) is 4.60. The van der Waals surface area contributed by atoms with Crippen LogP contribution in [-0.2, 0) is 19.9 Å². The summed E-state index contributed by atoms with van der Waals surface area (Å²) in [7, 11) is 3.00. The topological polar surface area (TPSA) is 65.8 Å². The van der Waals surface area contributed by atoms with Crippen LogP contribution in [0.3, 0.4) is 0 Å². The third kappa shape index (κ3) is 4.05. The van der Waals surface area contributed by atoms with Crippen LogP contribution in [0.4, 0.5) is 0 Å². The van der Waals surface area contributed by atoms with Gasteiger partial charge in [0, 0.05) is 31.6 Å². The molecule has 1 aromatic rings. The van der Waals surface area contributed by atoms with Gasteiger partial charge in [0.15, 0.2) is 0 Å². The third-order valence-electron chi connectivity index (χ3n) is 4.36. The molecule has 1 aliphatic rings. The van der Waals surface area contributed by atoms with Crippen molar-refractivity contribution in [1.29, 1.82) is 5.26 Å².